The lowest BCUT2D eigenvalue weighted by Crippen LogP contribution is -2.47. The number of rotatable bonds is 6. The Balaban J connectivity index is 1.37. The van der Waals surface area contributed by atoms with Crippen molar-refractivity contribution in [3.05, 3.63) is 83.6 Å². The standard InChI is InChI=1S/C34H39N3O5/c1-22-16-37(23(2)19-38)34(39)33-32(27-11-7-8-12-28(27)36(33)4)26-10-6-5-9-25(26)20-40-31(22)18-35(3)17-24-13-14-29-30(15-24)42-21-41-29/h5-15,22-23,31,38H,16-21H2,1-4H3/t22-,23+,31+/m0/s1. The second kappa shape index (κ2) is 11.8. The summed E-state index contributed by atoms with van der Waals surface area (Å²) in [5, 5.41) is 11.3. The minimum Gasteiger partial charge on any atom is -0.454 e. The van der Waals surface area contributed by atoms with Crippen LogP contribution < -0.4 is 9.47 Å². The summed E-state index contributed by atoms with van der Waals surface area (Å²) in [6.07, 6.45) is -0.156. The summed E-state index contributed by atoms with van der Waals surface area (Å²) in [4.78, 5) is 18.6. The molecule has 0 radical (unpaired) electrons. The Morgan fingerprint density at radius 3 is 2.64 bits per heavy atom. The van der Waals surface area contributed by atoms with Crippen molar-refractivity contribution in [2.45, 2.75) is 39.1 Å². The number of aromatic nitrogens is 1. The number of likely N-dealkylation sites (N-methyl/N-ethyl adjacent to an activating group) is 1. The molecular weight excluding hydrogens is 530 g/mol. The molecule has 1 aromatic heterocycles. The number of aryl methyl sites for hydroxylation is 1. The second-order valence-corrected chi connectivity index (χ2v) is 11.7. The third-order valence-corrected chi connectivity index (χ3v) is 8.61. The van der Waals surface area contributed by atoms with E-state index in [1.54, 1.807) is 0 Å². The highest BCUT2D eigenvalue weighted by molar-refractivity contribution is 6.10. The first-order valence-electron chi connectivity index (χ1n) is 14.6. The number of amides is 1. The van der Waals surface area contributed by atoms with Gasteiger partial charge in [0.15, 0.2) is 11.5 Å². The molecule has 0 saturated carbocycles. The number of hydrogen-bond acceptors (Lipinski definition) is 6. The van der Waals surface area contributed by atoms with Gasteiger partial charge in [-0.05, 0) is 48.9 Å². The lowest BCUT2D eigenvalue weighted by molar-refractivity contribution is -0.0242. The molecule has 0 bridgehead atoms. The molecule has 3 atom stereocenters. The van der Waals surface area contributed by atoms with E-state index in [4.69, 9.17) is 14.2 Å². The first kappa shape index (κ1) is 28.3. The van der Waals surface area contributed by atoms with E-state index in [-0.39, 0.29) is 37.4 Å². The van der Waals surface area contributed by atoms with Crippen molar-refractivity contribution in [1.29, 1.82) is 0 Å². The molecular formula is C34H39N3O5. The minimum atomic E-state index is -0.353. The molecule has 0 saturated heterocycles. The number of benzene rings is 3. The quantitative estimate of drug-likeness (QED) is 0.350. The van der Waals surface area contributed by atoms with E-state index in [0.29, 0.717) is 31.9 Å². The number of nitrogens with zero attached hydrogens (tertiary/aromatic N) is 3. The van der Waals surface area contributed by atoms with Crippen molar-refractivity contribution in [2.75, 3.05) is 33.5 Å². The normalized spacial score (nSPS) is 19.5. The molecule has 4 aromatic rings. The van der Waals surface area contributed by atoms with Gasteiger partial charge in [0.2, 0.25) is 6.79 Å². The fraction of sp³-hybridized carbons (Fsp3) is 0.382. The van der Waals surface area contributed by atoms with Gasteiger partial charge in [-0.3, -0.25) is 9.69 Å². The van der Waals surface area contributed by atoms with Crippen molar-refractivity contribution in [3.63, 3.8) is 0 Å². The average Bonchev–Trinajstić information content (AvgIpc) is 3.58. The fourth-order valence-corrected chi connectivity index (χ4v) is 6.25. The molecule has 1 N–H and O–H groups in total. The number of ether oxygens (including phenoxy) is 3. The maximum absolute atomic E-state index is 14.5. The van der Waals surface area contributed by atoms with E-state index in [9.17, 15) is 9.90 Å². The Morgan fingerprint density at radius 2 is 1.81 bits per heavy atom. The summed E-state index contributed by atoms with van der Waals surface area (Å²) in [6.45, 7) is 6.44. The molecule has 220 valence electrons. The second-order valence-electron chi connectivity index (χ2n) is 11.7. The van der Waals surface area contributed by atoms with Crippen molar-refractivity contribution in [3.8, 4) is 22.6 Å². The van der Waals surface area contributed by atoms with Gasteiger partial charge in [-0.1, -0.05) is 55.5 Å². The topological polar surface area (TPSA) is 76.4 Å². The highest BCUT2D eigenvalue weighted by Crippen LogP contribution is 2.38. The Hall–Kier alpha value is -3.85. The fourth-order valence-electron chi connectivity index (χ4n) is 6.25. The molecule has 3 aromatic carbocycles. The van der Waals surface area contributed by atoms with Crippen LogP contribution in [0.1, 0.15) is 35.5 Å². The molecule has 8 nitrogen and oxygen atoms in total. The third kappa shape index (κ3) is 5.26. The maximum Gasteiger partial charge on any atom is 0.271 e. The van der Waals surface area contributed by atoms with E-state index in [2.05, 4.69) is 49.2 Å². The zero-order valence-electron chi connectivity index (χ0n) is 24.7. The summed E-state index contributed by atoms with van der Waals surface area (Å²) in [7, 11) is 4.04. The van der Waals surface area contributed by atoms with Crippen molar-refractivity contribution < 1.29 is 24.1 Å². The van der Waals surface area contributed by atoms with Gasteiger partial charge in [-0.25, -0.2) is 0 Å². The van der Waals surface area contributed by atoms with Crippen LogP contribution in [0, 0.1) is 5.92 Å². The van der Waals surface area contributed by atoms with Gasteiger partial charge in [-0.15, -0.1) is 0 Å². The van der Waals surface area contributed by atoms with Crippen molar-refractivity contribution in [1.82, 2.24) is 14.4 Å². The van der Waals surface area contributed by atoms with Crippen LogP contribution in [-0.2, 0) is 24.9 Å². The smallest absolute Gasteiger partial charge is 0.271 e. The van der Waals surface area contributed by atoms with Crippen LogP contribution >= 0.6 is 0 Å². The van der Waals surface area contributed by atoms with E-state index in [0.717, 1.165) is 44.7 Å². The number of carbonyl (C=O) groups is 1. The third-order valence-electron chi connectivity index (χ3n) is 8.61. The van der Waals surface area contributed by atoms with Crippen LogP contribution in [0.3, 0.4) is 0 Å². The number of para-hydroxylation sites is 1. The van der Waals surface area contributed by atoms with Crippen LogP contribution in [0.2, 0.25) is 0 Å². The summed E-state index contributed by atoms with van der Waals surface area (Å²) >= 11 is 0. The predicted molar refractivity (Wildman–Crippen MR) is 163 cm³/mol. The molecule has 42 heavy (non-hydrogen) atoms. The molecule has 8 heteroatoms. The highest BCUT2D eigenvalue weighted by atomic mass is 16.7. The number of aliphatic hydroxyl groups is 1. The molecule has 0 unspecified atom stereocenters. The van der Waals surface area contributed by atoms with E-state index < -0.39 is 0 Å². The molecule has 0 spiro atoms. The van der Waals surface area contributed by atoms with Gasteiger partial charge in [0.1, 0.15) is 5.69 Å². The van der Waals surface area contributed by atoms with Gasteiger partial charge in [0.25, 0.3) is 5.91 Å². The Kier molecular flexibility index (Phi) is 7.94. The summed E-state index contributed by atoms with van der Waals surface area (Å²) in [5.74, 6) is 1.47. The number of fused-ring (bicyclic) bond motifs is 6. The van der Waals surface area contributed by atoms with Crippen molar-refractivity contribution in [2.24, 2.45) is 13.0 Å². The van der Waals surface area contributed by atoms with Gasteiger partial charge < -0.3 is 28.8 Å². The zero-order chi connectivity index (χ0) is 29.4. The predicted octanol–water partition coefficient (Wildman–Crippen LogP) is 5.06. The highest BCUT2D eigenvalue weighted by Gasteiger charge is 2.33. The molecule has 2 aliphatic rings. The monoisotopic (exact) mass is 569 g/mol. The van der Waals surface area contributed by atoms with Crippen LogP contribution in [0.15, 0.2) is 66.7 Å². The van der Waals surface area contributed by atoms with Crippen molar-refractivity contribution >= 4 is 16.8 Å². The lowest BCUT2D eigenvalue weighted by Gasteiger charge is -2.35. The average molecular weight is 570 g/mol. The molecule has 0 fully saturated rings. The van der Waals surface area contributed by atoms with E-state index >= 15 is 0 Å². The van der Waals surface area contributed by atoms with Crippen LogP contribution in [-0.4, -0.2) is 71.1 Å². The first-order valence-corrected chi connectivity index (χ1v) is 14.6. The van der Waals surface area contributed by atoms with Gasteiger partial charge in [-0.2, -0.15) is 0 Å². The summed E-state index contributed by atoms with van der Waals surface area (Å²) < 4.78 is 19.8. The molecule has 0 aliphatic carbocycles. The lowest BCUT2D eigenvalue weighted by atomic mass is 9.96. The minimum absolute atomic E-state index is 0.00514. The number of hydrogen-bond donors (Lipinski definition) is 1. The van der Waals surface area contributed by atoms with Crippen LogP contribution in [0.5, 0.6) is 11.5 Å². The number of carbonyl (C=O) groups excluding carboxylic acids is 1. The Labute approximate surface area is 247 Å². The van der Waals surface area contributed by atoms with Gasteiger partial charge in [0, 0.05) is 49.1 Å². The SMILES string of the molecule is C[C@H](CO)N1C[C@H](C)[C@@H](CN(C)Cc2ccc3c(c2)OCO3)OCc2ccccc2-c2c(n(C)c3ccccc23)C1=O. The molecule has 3 heterocycles. The van der Waals surface area contributed by atoms with Gasteiger partial charge in [0.05, 0.1) is 25.4 Å². The van der Waals surface area contributed by atoms with E-state index in [1.807, 2.05) is 59.8 Å². The maximum atomic E-state index is 14.5. The number of aliphatic hydroxyl groups excluding tert-OH is 1. The molecule has 6 rings (SSSR count). The Morgan fingerprint density at radius 1 is 1.05 bits per heavy atom. The molecule has 1 amide bonds. The zero-order valence-corrected chi connectivity index (χ0v) is 24.7. The van der Waals surface area contributed by atoms with Crippen LogP contribution in [0.25, 0.3) is 22.0 Å². The summed E-state index contributed by atoms with van der Waals surface area (Å²) in [6, 6.07) is 22.1. The molecule has 2 aliphatic heterocycles. The van der Waals surface area contributed by atoms with Gasteiger partial charge >= 0.3 is 0 Å². The van der Waals surface area contributed by atoms with Crippen LogP contribution in [0.4, 0.5) is 0 Å². The van der Waals surface area contributed by atoms with E-state index in [1.165, 1.54) is 0 Å². The Bertz CT molecular complexity index is 1600. The largest absolute Gasteiger partial charge is 0.454 e. The summed E-state index contributed by atoms with van der Waals surface area (Å²) in [5.41, 5.74) is 5.71. The first-order chi connectivity index (χ1) is 20.4.